The van der Waals surface area contributed by atoms with Crippen molar-refractivity contribution in [3.8, 4) is 0 Å². The average Bonchev–Trinajstić information content (AvgIpc) is 3.74. The Morgan fingerprint density at radius 1 is 0.718 bits per heavy atom. The second-order valence-corrected chi connectivity index (χ2v) is 15.5. The van der Waals surface area contributed by atoms with Crippen molar-refractivity contribution in [1.82, 2.24) is 14.1 Å². The van der Waals surface area contributed by atoms with Gasteiger partial charge in [-0.2, -0.15) is 4.31 Å². The Labute approximate surface area is 248 Å². The maximum atomic E-state index is 13.6. The van der Waals surface area contributed by atoms with Crippen molar-refractivity contribution in [3.63, 3.8) is 0 Å². The quantitative estimate of drug-likeness (QED) is 0.133. The number of hydrogen-bond donors (Lipinski definition) is 0. The summed E-state index contributed by atoms with van der Waals surface area (Å²) in [6.07, 6.45) is 1.89. The number of hydrogen-bond acceptors (Lipinski definition) is 8. The summed E-state index contributed by atoms with van der Waals surface area (Å²) in [5, 5.41) is 8.00. The highest BCUT2D eigenvalue weighted by molar-refractivity contribution is 7.89. The lowest BCUT2D eigenvalue weighted by Crippen LogP contribution is -2.43. The summed E-state index contributed by atoms with van der Waals surface area (Å²) >= 11 is 6.43. The number of carbonyl (C=O) groups is 1. The fourth-order valence-electron chi connectivity index (χ4n) is 4.14. The van der Waals surface area contributed by atoms with Crippen LogP contribution in [0.4, 0.5) is 0 Å². The Kier molecular flexibility index (Phi) is 11.8. The van der Waals surface area contributed by atoms with Crippen LogP contribution >= 0.6 is 45.3 Å². The molecule has 0 N–H and O–H groups in total. The molecule has 4 aromatic heterocycles. The van der Waals surface area contributed by atoms with Crippen molar-refractivity contribution in [2.24, 2.45) is 0 Å². The molecule has 0 aliphatic carbocycles. The summed E-state index contributed by atoms with van der Waals surface area (Å²) in [6, 6.07) is 16.0. The Morgan fingerprint density at radius 2 is 1.18 bits per heavy atom. The third-order valence-corrected chi connectivity index (χ3v) is 11.5. The second-order valence-electron chi connectivity index (χ2n) is 9.28. The van der Waals surface area contributed by atoms with Gasteiger partial charge in [-0.25, -0.2) is 8.42 Å². The van der Waals surface area contributed by atoms with E-state index in [9.17, 15) is 13.2 Å². The van der Waals surface area contributed by atoms with E-state index in [2.05, 4.69) is 19.1 Å². The van der Waals surface area contributed by atoms with Crippen molar-refractivity contribution in [2.45, 2.75) is 45.9 Å². The van der Waals surface area contributed by atoms with Gasteiger partial charge in [-0.05, 0) is 58.8 Å². The predicted octanol–water partition coefficient (Wildman–Crippen LogP) is 6.60. The molecule has 4 rings (SSSR count). The SMILES string of the molecule is CCCCN(CCS(=O)(=O)N(Cc1cccs1)Cc1cccs1)CC(=O)N(Cc1cccs1)Cc1cccs1. The zero-order valence-electron chi connectivity index (χ0n) is 22.1. The summed E-state index contributed by atoms with van der Waals surface area (Å²) in [5.74, 6) is 0.00989. The molecular weight excluding hydrogens is 587 g/mol. The molecule has 0 saturated carbocycles. The minimum atomic E-state index is -3.55. The first-order chi connectivity index (χ1) is 18.9. The fraction of sp³-hybridized carbons (Fsp3) is 0.393. The van der Waals surface area contributed by atoms with E-state index in [0.29, 0.717) is 39.3 Å². The van der Waals surface area contributed by atoms with Crippen LogP contribution < -0.4 is 0 Å². The van der Waals surface area contributed by atoms with Crippen molar-refractivity contribution >= 4 is 61.3 Å². The number of sulfonamides is 1. The third-order valence-electron chi connectivity index (χ3n) is 6.28. The second kappa shape index (κ2) is 15.2. The Bertz CT molecular complexity index is 1250. The molecule has 0 aromatic carbocycles. The van der Waals surface area contributed by atoms with Gasteiger partial charge in [0.2, 0.25) is 15.9 Å². The predicted molar refractivity (Wildman–Crippen MR) is 166 cm³/mol. The first kappa shape index (κ1) is 30.1. The molecule has 11 heteroatoms. The number of amides is 1. The van der Waals surface area contributed by atoms with E-state index in [1.54, 1.807) is 49.7 Å². The number of nitrogens with zero attached hydrogens (tertiary/aromatic N) is 3. The first-order valence-electron chi connectivity index (χ1n) is 13.0. The highest BCUT2D eigenvalue weighted by Crippen LogP contribution is 2.21. The molecule has 1 amide bonds. The van der Waals surface area contributed by atoms with Crippen LogP contribution in [0.15, 0.2) is 70.1 Å². The van der Waals surface area contributed by atoms with Crippen LogP contribution in [0.5, 0.6) is 0 Å². The van der Waals surface area contributed by atoms with Gasteiger partial charge in [-0.3, -0.25) is 9.69 Å². The van der Waals surface area contributed by atoms with Crippen molar-refractivity contribution in [1.29, 1.82) is 0 Å². The number of thiophene rings is 4. The maximum absolute atomic E-state index is 13.6. The van der Waals surface area contributed by atoms with Crippen LogP contribution in [0, 0.1) is 0 Å². The largest absolute Gasteiger partial charge is 0.331 e. The summed E-state index contributed by atoms with van der Waals surface area (Å²) in [6.45, 7) is 5.18. The average molecular weight is 622 g/mol. The number of rotatable bonds is 17. The molecule has 0 spiro atoms. The van der Waals surface area contributed by atoms with Crippen LogP contribution in [0.1, 0.15) is 39.3 Å². The van der Waals surface area contributed by atoms with Gasteiger partial charge in [0, 0.05) is 39.1 Å². The van der Waals surface area contributed by atoms with E-state index >= 15 is 0 Å². The summed E-state index contributed by atoms with van der Waals surface area (Å²) in [5.41, 5.74) is 0. The van der Waals surface area contributed by atoms with Gasteiger partial charge < -0.3 is 4.90 Å². The van der Waals surface area contributed by atoms with Crippen LogP contribution in [-0.4, -0.2) is 53.8 Å². The van der Waals surface area contributed by atoms with E-state index in [-0.39, 0.29) is 18.2 Å². The minimum absolute atomic E-state index is 0.0173. The molecule has 210 valence electrons. The first-order valence-corrected chi connectivity index (χ1v) is 18.1. The lowest BCUT2D eigenvalue weighted by molar-refractivity contribution is -0.133. The van der Waals surface area contributed by atoms with Gasteiger partial charge in [0.25, 0.3) is 0 Å². The number of carbonyl (C=O) groups excluding carboxylic acids is 1. The highest BCUT2D eigenvalue weighted by atomic mass is 32.2. The molecule has 0 aliphatic heterocycles. The molecule has 39 heavy (non-hydrogen) atoms. The molecule has 4 heterocycles. The van der Waals surface area contributed by atoms with Crippen LogP contribution in [0.25, 0.3) is 0 Å². The van der Waals surface area contributed by atoms with Gasteiger partial charge in [0.1, 0.15) is 0 Å². The van der Waals surface area contributed by atoms with Crippen LogP contribution in [-0.2, 0) is 41.0 Å². The van der Waals surface area contributed by atoms with Crippen molar-refractivity contribution in [2.75, 3.05) is 25.4 Å². The zero-order chi connectivity index (χ0) is 27.5. The van der Waals surface area contributed by atoms with Gasteiger partial charge in [0.15, 0.2) is 0 Å². The summed E-state index contributed by atoms with van der Waals surface area (Å²) in [4.78, 5) is 21.8. The lowest BCUT2D eigenvalue weighted by atomic mass is 10.3. The fourth-order valence-corrected chi connectivity index (χ4v) is 8.60. The molecule has 0 radical (unpaired) electrons. The normalized spacial score (nSPS) is 12.0. The molecule has 4 aromatic rings. The summed E-state index contributed by atoms with van der Waals surface area (Å²) < 4.78 is 28.8. The molecule has 0 unspecified atom stereocenters. The minimum Gasteiger partial charge on any atom is -0.331 e. The van der Waals surface area contributed by atoms with Crippen LogP contribution in [0.2, 0.25) is 0 Å². The standard InChI is InChI=1S/C28H35N3O3S5/c1-2-3-12-29(23-28(32)30(19-24-8-4-14-35-24)20-25-9-5-15-36-25)13-18-39(33,34)31(21-26-10-6-16-37-26)22-27-11-7-17-38-27/h4-11,14-17H,2-3,12-13,18-23H2,1H3. The lowest BCUT2D eigenvalue weighted by Gasteiger charge is -2.28. The maximum Gasteiger partial charge on any atom is 0.237 e. The van der Waals surface area contributed by atoms with Gasteiger partial charge in [-0.1, -0.05) is 37.6 Å². The molecule has 0 atom stereocenters. The van der Waals surface area contributed by atoms with Crippen molar-refractivity contribution < 1.29 is 13.2 Å². The molecule has 0 saturated heterocycles. The van der Waals surface area contributed by atoms with Crippen LogP contribution in [0.3, 0.4) is 0 Å². The molecule has 0 fully saturated rings. The Hall–Kier alpha value is -1.86. The van der Waals surface area contributed by atoms with E-state index in [1.165, 1.54) is 0 Å². The Balaban J connectivity index is 1.44. The highest BCUT2D eigenvalue weighted by Gasteiger charge is 2.26. The molecule has 0 aliphatic rings. The molecule has 6 nitrogen and oxygen atoms in total. The topological polar surface area (TPSA) is 60.9 Å². The molecule has 0 bridgehead atoms. The number of unbranched alkanes of at least 4 members (excludes halogenated alkanes) is 1. The van der Waals surface area contributed by atoms with E-state index in [1.807, 2.05) is 67.7 Å². The smallest absolute Gasteiger partial charge is 0.237 e. The van der Waals surface area contributed by atoms with Crippen molar-refractivity contribution in [3.05, 3.63) is 89.6 Å². The third kappa shape index (κ3) is 9.63. The zero-order valence-corrected chi connectivity index (χ0v) is 26.2. The van der Waals surface area contributed by atoms with Gasteiger partial charge >= 0.3 is 0 Å². The van der Waals surface area contributed by atoms with E-state index in [4.69, 9.17) is 0 Å². The van der Waals surface area contributed by atoms with Gasteiger partial charge in [-0.15, -0.1) is 45.3 Å². The van der Waals surface area contributed by atoms with Gasteiger partial charge in [0.05, 0.1) is 25.4 Å². The monoisotopic (exact) mass is 621 g/mol. The molecular formula is C28H35N3O3S5. The van der Waals surface area contributed by atoms with E-state index in [0.717, 1.165) is 32.4 Å². The van der Waals surface area contributed by atoms with E-state index < -0.39 is 10.0 Å². The Morgan fingerprint density at radius 3 is 1.59 bits per heavy atom. The summed E-state index contributed by atoms with van der Waals surface area (Å²) in [7, 11) is -3.55.